The number of aryl methyl sites for hydroxylation is 1. The second kappa shape index (κ2) is 6.45. The maximum absolute atomic E-state index is 10.8. The van der Waals surface area contributed by atoms with Gasteiger partial charge in [0.2, 0.25) is 12.3 Å². The molecule has 0 heterocycles. The Labute approximate surface area is 104 Å². The van der Waals surface area contributed by atoms with E-state index in [9.17, 15) is 9.59 Å². The van der Waals surface area contributed by atoms with Gasteiger partial charge in [0.25, 0.3) is 0 Å². The van der Waals surface area contributed by atoms with Gasteiger partial charge in [0.15, 0.2) is 0 Å². The molecule has 0 saturated heterocycles. The number of nitrogens with zero attached hydrogens (tertiary/aromatic N) is 2. The molecule has 0 aliphatic carbocycles. The molecule has 18 heavy (non-hydrogen) atoms. The summed E-state index contributed by atoms with van der Waals surface area (Å²) < 4.78 is 0. The second-order valence-electron chi connectivity index (χ2n) is 3.57. The Hall–Kier alpha value is -2.28. The molecule has 2 N–H and O–H groups in total. The number of nitrogens with one attached hydrogen (secondary N) is 2. The molecule has 1 rings (SSSR count). The molecule has 0 aliphatic heterocycles. The minimum absolute atomic E-state index is 0.0848. The van der Waals surface area contributed by atoms with E-state index in [1.807, 2.05) is 13.0 Å². The van der Waals surface area contributed by atoms with Gasteiger partial charge in [-0.1, -0.05) is 17.4 Å². The highest BCUT2D eigenvalue weighted by Gasteiger charge is 2.12. The van der Waals surface area contributed by atoms with Crippen molar-refractivity contribution >= 4 is 18.0 Å². The zero-order valence-corrected chi connectivity index (χ0v) is 10.1. The maximum Gasteiger partial charge on any atom is 0.240 e. The average molecular weight is 250 g/mol. The highest BCUT2D eigenvalue weighted by atomic mass is 16.6. The highest BCUT2D eigenvalue weighted by molar-refractivity contribution is 5.76. The summed E-state index contributed by atoms with van der Waals surface area (Å²) in [4.78, 5) is 26.5. The van der Waals surface area contributed by atoms with Crippen LogP contribution < -0.4 is 10.5 Å². The quantitative estimate of drug-likeness (QED) is 0.454. The monoisotopic (exact) mass is 250 g/mol. The van der Waals surface area contributed by atoms with Crippen LogP contribution in [0.2, 0.25) is 0 Å². The number of rotatable bonds is 6. The lowest BCUT2D eigenvalue weighted by Gasteiger charge is -2.16. The molecule has 0 bridgehead atoms. The largest absolute Gasteiger partial charge is 0.276 e. The molecule has 1 aromatic rings. The Kier molecular flexibility index (Phi) is 4.94. The van der Waals surface area contributed by atoms with Crippen LogP contribution in [0.15, 0.2) is 23.4 Å². The van der Waals surface area contributed by atoms with Crippen LogP contribution in [-0.2, 0) is 21.0 Å². The summed E-state index contributed by atoms with van der Waals surface area (Å²) in [6, 6.07) is 5.23. The van der Waals surface area contributed by atoms with Crippen LogP contribution in [0.5, 0.6) is 0 Å². The van der Waals surface area contributed by atoms with Crippen LogP contribution >= 0.6 is 0 Å². The molecule has 96 valence electrons. The summed E-state index contributed by atoms with van der Waals surface area (Å²) in [7, 11) is 0. The number of hydrogen-bond acceptors (Lipinski definition) is 5. The second-order valence-corrected chi connectivity index (χ2v) is 3.57. The predicted molar refractivity (Wildman–Crippen MR) is 63.5 cm³/mol. The van der Waals surface area contributed by atoms with Crippen LogP contribution in [0.4, 0.5) is 5.69 Å². The number of carbonyl (C=O) groups is 2. The maximum atomic E-state index is 10.8. The number of hydroxylamine groups is 1. The molecule has 0 unspecified atom stereocenters. The van der Waals surface area contributed by atoms with E-state index < -0.39 is 0 Å². The van der Waals surface area contributed by atoms with Crippen LogP contribution in [0.1, 0.15) is 18.1 Å². The summed E-state index contributed by atoms with van der Waals surface area (Å²) in [5, 5.41) is 3.98. The lowest BCUT2D eigenvalue weighted by Crippen LogP contribution is -2.21. The van der Waals surface area contributed by atoms with Crippen LogP contribution in [-0.4, -0.2) is 12.3 Å². The Bertz CT molecular complexity index is 454. The van der Waals surface area contributed by atoms with Crippen molar-refractivity contribution in [2.75, 3.05) is 5.01 Å². The Morgan fingerprint density at radius 1 is 1.61 bits per heavy atom. The van der Waals surface area contributed by atoms with Gasteiger partial charge in [-0.25, -0.2) is 5.48 Å². The minimum atomic E-state index is -0.317. The lowest BCUT2D eigenvalue weighted by molar-refractivity contribution is -0.132. The summed E-state index contributed by atoms with van der Waals surface area (Å²) >= 11 is 0. The molecule has 1 aromatic carbocycles. The number of amides is 2. The summed E-state index contributed by atoms with van der Waals surface area (Å²) in [5.41, 5.74) is 11.1. The van der Waals surface area contributed by atoms with Gasteiger partial charge in [0, 0.05) is 12.5 Å². The molecule has 0 spiro atoms. The molecule has 0 saturated carbocycles. The lowest BCUT2D eigenvalue weighted by atomic mass is 10.1. The molecular formula is C11H14N4O3. The van der Waals surface area contributed by atoms with E-state index in [4.69, 9.17) is 10.4 Å². The van der Waals surface area contributed by atoms with Crippen molar-refractivity contribution in [2.24, 2.45) is 5.22 Å². The molecule has 2 amide bonds. The first kappa shape index (κ1) is 13.8. The van der Waals surface area contributed by atoms with E-state index in [0.29, 0.717) is 17.7 Å². The molecule has 0 aliphatic rings. The number of hydrogen-bond donors (Lipinski definition) is 2. The standard InChI is InChI=1S/C11H14N4O3/c1-8-4-3-5-11(15(7-16)14-12)10(8)6-18-13-9(2)17/h3-5,7,12H,6H2,1-2H3,(H,13,17). The number of anilines is 1. The van der Waals surface area contributed by atoms with Crippen molar-refractivity contribution in [3.8, 4) is 0 Å². The fraction of sp³-hybridized carbons (Fsp3) is 0.273. The normalized spacial score (nSPS) is 9.67. The number of benzene rings is 1. The van der Waals surface area contributed by atoms with Gasteiger partial charge < -0.3 is 0 Å². The smallest absolute Gasteiger partial charge is 0.240 e. The van der Waals surface area contributed by atoms with Gasteiger partial charge in [-0.2, -0.15) is 10.5 Å². The highest BCUT2D eigenvalue weighted by Crippen LogP contribution is 2.23. The van der Waals surface area contributed by atoms with Crippen molar-refractivity contribution in [3.05, 3.63) is 29.3 Å². The van der Waals surface area contributed by atoms with Gasteiger partial charge in [0.1, 0.15) is 6.61 Å². The third-order valence-electron chi connectivity index (χ3n) is 2.27. The molecule has 0 radical (unpaired) electrons. The minimum Gasteiger partial charge on any atom is -0.276 e. The fourth-order valence-electron chi connectivity index (χ4n) is 1.43. The Morgan fingerprint density at radius 3 is 2.89 bits per heavy atom. The van der Waals surface area contributed by atoms with Gasteiger partial charge >= 0.3 is 0 Å². The van der Waals surface area contributed by atoms with E-state index in [1.54, 1.807) is 12.1 Å². The molecule has 0 fully saturated rings. The summed E-state index contributed by atoms with van der Waals surface area (Å²) in [6.07, 6.45) is 0.434. The third-order valence-corrected chi connectivity index (χ3v) is 2.27. The van der Waals surface area contributed by atoms with E-state index in [1.165, 1.54) is 6.92 Å². The zero-order valence-electron chi connectivity index (χ0n) is 10.1. The van der Waals surface area contributed by atoms with E-state index in [2.05, 4.69) is 10.7 Å². The van der Waals surface area contributed by atoms with Crippen LogP contribution in [0.25, 0.3) is 0 Å². The SMILES string of the molecule is CC(=O)NOCc1c(C)cccc1N(C=O)N=N. The van der Waals surface area contributed by atoms with Gasteiger partial charge in [0.05, 0.1) is 5.69 Å². The summed E-state index contributed by atoms with van der Waals surface area (Å²) in [6.45, 7) is 3.25. The van der Waals surface area contributed by atoms with Crippen LogP contribution in [0.3, 0.4) is 0 Å². The van der Waals surface area contributed by atoms with Crippen molar-refractivity contribution in [1.29, 1.82) is 5.53 Å². The Balaban J connectivity index is 2.96. The molecule has 0 aromatic heterocycles. The van der Waals surface area contributed by atoms with Gasteiger partial charge in [-0.15, -0.1) is 0 Å². The van der Waals surface area contributed by atoms with E-state index in [0.717, 1.165) is 10.6 Å². The average Bonchev–Trinajstić information content (AvgIpc) is 2.33. The van der Waals surface area contributed by atoms with Crippen molar-refractivity contribution < 1.29 is 14.4 Å². The van der Waals surface area contributed by atoms with Crippen molar-refractivity contribution in [2.45, 2.75) is 20.5 Å². The number of carbonyl (C=O) groups excluding carboxylic acids is 2. The molecule has 0 atom stereocenters. The Morgan fingerprint density at radius 2 is 2.33 bits per heavy atom. The van der Waals surface area contributed by atoms with Gasteiger partial charge in [-0.3, -0.25) is 14.4 Å². The van der Waals surface area contributed by atoms with Gasteiger partial charge in [-0.05, 0) is 18.6 Å². The molecular weight excluding hydrogens is 236 g/mol. The zero-order chi connectivity index (χ0) is 13.5. The first-order chi connectivity index (χ1) is 8.60. The summed E-state index contributed by atoms with van der Waals surface area (Å²) in [5.74, 6) is -0.317. The molecule has 7 heteroatoms. The first-order valence-electron chi connectivity index (χ1n) is 5.19. The fourth-order valence-corrected chi connectivity index (χ4v) is 1.43. The topological polar surface area (TPSA) is 94.8 Å². The van der Waals surface area contributed by atoms with E-state index in [-0.39, 0.29) is 12.5 Å². The first-order valence-corrected chi connectivity index (χ1v) is 5.19. The van der Waals surface area contributed by atoms with E-state index >= 15 is 0 Å². The molecule has 7 nitrogen and oxygen atoms in total. The van der Waals surface area contributed by atoms with Crippen LogP contribution in [0, 0.1) is 12.5 Å². The third kappa shape index (κ3) is 3.36. The van der Waals surface area contributed by atoms with Crippen molar-refractivity contribution in [1.82, 2.24) is 5.48 Å². The van der Waals surface area contributed by atoms with Crippen molar-refractivity contribution in [3.63, 3.8) is 0 Å². The predicted octanol–water partition coefficient (Wildman–Crippen LogP) is 1.47.